The third kappa shape index (κ3) is 5.52. The van der Waals surface area contributed by atoms with E-state index in [1.807, 2.05) is 47.4 Å². The van der Waals surface area contributed by atoms with Gasteiger partial charge in [0, 0.05) is 38.8 Å². The van der Waals surface area contributed by atoms with E-state index in [1.54, 1.807) is 32.2 Å². The number of hydrogen-bond acceptors (Lipinski definition) is 6. The summed E-state index contributed by atoms with van der Waals surface area (Å²) >= 11 is 0. The van der Waals surface area contributed by atoms with Gasteiger partial charge in [0.15, 0.2) is 6.61 Å². The average Bonchev–Trinajstić information content (AvgIpc) is 2.93. The summed E-state index contributed by atoms with van der Waals surface area (Å²) in [6.45, 7) is 5.62. The van der Waals surface area contributed by atoms with Crippen molar-refractivity contribution in [2.75, 3.05) is 39.9 Å². The Hall–Kier alpha value is -4.10. The molecule has 0 radical (unpaired) electrons. The van der Waals surface area contributed by atoms with Crippen molar-refractivity contribution in [1.29, 1.82) is 0 Å². The van der Waals surface area contributed by atoms with Crippen LogP contribution in [0, 0.1) is 6.92 Å². The first-order valence-electron chi connectivity index (χ1n) is 12.4. The minimum Gasteiger partial charge on any atom is -0.497 e. The molecule has 0 unspecified atom stereocenters. The van der Waals surface area contributed by atoms with Crippen LogP contribution in [0.5, 0.6) is 11.5 Å². The highest BCUT2D eigenvalue weighted by Gasteiger charge is 2.22. The number of hydrogen-bond donors (Lipinski definition) is 0. The van der Waals surface area contributed by atoms with Crippen molar-refractivity contribution in [1.82, 2.24) is 9.80 Å². The lowest BCUT2D eigenvalue weighted by molar-refractivity contribution is -0.135. The molecule has 1 aliphatic rings. The Morgan fingerprint density at radius 1 is 0.919 bits per heavy atom. The summed E-state index contributed by atoms with van der Waals surface area (Å²) in [4.78, 5) is 30.2. The first-order valence-corrected chi connectivity index (χ1v) is 12.4. The maximum absolute atomic E-state index is 13.2. The predicted octanol–water partition coefficient (Wildman–Crippen LogP) is 4.50. The Morgan fingerprint density at radius 2 is 1.62 bits per heavy atom. The highest BCUT2D eigenvalue weighted by molar-refractivity contribution is 5.84. The number of benzene rings is 3. The van der Waals surface area contributed by atoms with Crippen molar-refractivity contribution in [3.05, 3.63) is 94.3 Å². The van der Waals surface area contributed by atoms with Crippen LogP contribution in [0.15, 0.2) is 82.0 Å². The maximum Gasteiger partial charge on any atom is 0.260 e. The minimum absolute atomic E-state index is 0.0491. The first kappa shape index (κ1) is 24.6. The third-order valence-electron chi connectivity index (χ3n) is 6.75. The molecule has 0 N–H and O–H groups in total. The lowest BCUT2D eigenvalue weighted by Crippen LogP contribution is -2.49. The van der Waals surface area contributed by atoms with Gasteiger partial charge in [-0.1, -0.05) is 42.5 Å². The van der Waals surface area contributed by atoms with Crippen molar-refractivity contribution in [2.45, 2.75) is 13.5 Å². The largest absolute Gasteiger partial charge is 0.497 e. The summed E-state index contributed by atoms with van der Waals surface area (Å²) in [5, 5.41) is 0.463. The zero-order valence-corrected chi connectivity index (χ0v) is 21.1. The fourth-order valence-electron chi connectivity index (χ4n) is 4.70. The number of carbonyl (C=O) groups is 1. The molecule has 0 bridgehead atoms. The number of piperazine rings is 1. The Labute approximate surface area is 215 Å². The van der Waals surface area contributed by atoms with Gasteiger partial charge in [0.1, 0.15) is 22.8 Å². The molecule has 4 aromatic rings. The average molecular weight is 499 g/mol. The molecule has 1 fully saturated rings. The first-order chi connectivity index (χ1) is 18.0. The summed E-state index contributed by atoms with van der Waals surface area (Å²) in [6.07, 6.45) is 0. The van der Waals surface area contributed by atoms with Gasteiger partial charge in [0.2, 0.25) is 5.43 Å². The monoisotopic (exact) mass is 498 g/mol. The molecule has 37 heavy (non-hydrogen) atoms. The second kappa shape index (κ2) is 10.9. The molecule has 3 aromatic carbocycles. The van der Waals surface area contributed by atoms with Gasteiger partial charge in [-0.15, -0.1) is 0 Å². The molecule has 7 heteroatoms. The summed E-state index contributed by atoms with van der Waals surface area (Å²) < 4.78 is 17.0. The summed E-state index contributed by atoms with van der Waals surface area (Å²) in [6, 6.07) is 22.7. The normalized spacial score (nSPS) is 14.1. The van der Waals surface area contributed by atoms with E-state index in [2.05, 4.69) is 17.0 Å². The van der Waals surface area contributed by atoms with Crippen LogP contribution >= 0.6 is 0 Å². The molecule has 0 aliphatic carbocycles. The molecular formula is C30H30N2O5. The van der Waals surface area contributed by atoms with Crippen molar-refractivity contribution < 1.29 is 18.7 Å². The van der Waals surface area contributed by atoms with E-state index in [1.165, 1.54) is 5.56 Å². The number of methoxy groups -OCH3 is 1. The van der Waals surface area contributed by atoms with Gasteiger partial charge >= 0.3 is 0 Å². The SMILES string of the molecule is COc1ccc(-c2c(C)oc3cc(OCC(=O)N4CCN(Cc5ccccc5)CC4)ccc3c2=O)cc1. The molecule has 0 saturated carbocycles. The zero-order chi connectivity index (χ0) is 25.8. The quantitative estimate of drug-likeness (QED) is 0.374. The van der Waals surface area contributed by atoms with Crippen molar-refractivity contribution >= 4 is 16.9 Å². The fourth-order valence-corrected chi connectivity index (χ4v) is 4.70. The molecule has 2 heterocycles. The van der Waals surface area contributed by atoms with E-state index in [-0.39, 0.29) is 17.9 Å². The van der Waals surface area contributed by atoms with Gasteiger partial charge in [-0.3, -0.25) is 14.5 Å². The van der Waals surface area contributed by atoms with Crippen LogP contribution in [0.1, 0.15) is 11.3 Å². The predicted molar refractivity (Wildman–Crippen MR) is 143 cm³/mol. The lowest BCUT2D eigenvalue weighted by Gasteiger charge is -2.34. The summed E-state index contributed by atoms with van der Waals surface area (Å²) in [5.74, 6) is 1.68. The molecule has 1 amide bonds. The van der Waals surface area contributed by atoms with Crippen molar-refractivity contribution in [2.24, 2.45) is 0 Å². The van der Waals surface area contributed by atoms with Gasteiger partial charge in [0.05, 0.1) is 18.1 Å². The standard InChI is InChI=1S/C30H30N2O5/c1-21-29(23-8-10-24(35-2)11-9-23)30(34)26-13-12-25(18-27(26)37-21)36-20-28(33)32-16-14-31(15-17-32)19-22-6-4-3-5-7-22/h3-13,18H,14-17,19-20H2,1-2H3. The topological polar surface area (TPSA) is 72.2 Å². The molecule has 5 rings (SSSR count). The van der Waals surface area contributed by atoms with Crippen LogP contribution in [-0.4, -0.2) is 55.6 Å². The number of amides is 1. The van der Waals surface area contributed by atoms with E-state index in [0.717, 1.165) is 30.9 Å². The number of rotatable bonds is 7. The Bertz CT molecular complexity index is 1440. The zero-order valence-electron chi connectivity index (χ0n) is 21.1. The number of aryl methyl sites for hydroxylation is 1. The van der Waals surface area contributed by atoms with Crippen LogP contribution < -0.4 is 14.9 Å². The van der Waals surface area contributed by atoms with Gasteiger partial charge in [0.25, 0.3) is 5.91 Å². The van der Waals surface area contributed by atoms with Crippen LogP contribution in [-0.2, 0) is 11.3 Å². The van der Waals surface area contributed by atoms with E-state index >= 15 is 0 Å². The Morgan fingerprint density at radius 3 is 2.32 bits per heavy atom. The van der Waals surface area contributed by atoms with Gasteiger partial charge in [-0.05, 0) is 42.3 Å². The van der Waals surface area contributed by atoms with Crippen LogP contribution in [0.2, 0.25) is 0 Å². The van der Waals surface area contributed by atoms with Gasteiger partial charge < -0.3 is 18.8 Å². The van der Waals surface area contributed by atoms with Crippen LogP contribution in [0.25, 0.3) is 22.1 Å². The minimum atomic E-state index is -0.111. The van der Waals surface area contributed by atoms with E-state index in [4.69, 9.17) is 13.9 Å². The van der Waals surface area contributed by atoms with E-state index < -0.39 is 0 Å². The molecule has 1 saturated heterocycles. The number of carbonyl (C=O) groups excluding carboxylic acids is 1. The number of nitrogens with zero attached hydrogens (tertiary/aromatic N) is 2. The molecular weight excluding hydrogens is 468 g/mol. The third-order valence-corrected chi connectivity index (χ3v) is 6.75. The van der Waals surface area contributed by atoms with Gasteiger partial charge in [-0.2, -0.15) is 0 Å². The Balaban J connectivity index is 1.22. The highest BCUT2D eigenvalue weighted by Crippen LogP contribution is 2.27. The molecule has 1 aliphatic heterocycles. The number of fused-ring (bicyclic) bond motifs is 1. The van der Waals surface area contributed by atoms with E-state index in [9.17, 15) is 9.59 Å². The number of ether oxygens (including phenoxy) is 2. The van der Waals surface area contributed by atoms with Gasteiger partial charge in [-0.25, -0.2) is 0 Å². The molecule has 1 aromatic heterocycles. The molecule has 0 atom stereocenters. The summed E-state index contributed by atoms with van der Waals surface area (Å²) in [5.41, 5.74) is 2.88. The summed E-state index contributed by atoms with van der Waals surface area (Å²) in [7, 11) is 1.60. The van der Waals surface area contributed by atoms with E-state index in [0.29, 0.717) is 41.1 Å². The Kier molecular flexibility index (Phi) is 7.23. The fraction of sp³-hybridized carbons (Fsp3) is 0.267. The van der Waals surface area contributed by atoms with Crippen LogP contribution in [0.4, 0.5) is 0 Å². The smallest absolute Gasteiger partial charge is 0.260 e. The second-order valence-electron chi connectivity index (χ2n) is 9.18. The highest BCUT2D eigenvalue weighted by atomic mass is 16.5. The molecule has 0 spiro atoms. The maximum atomic E-state index is 13.2. The van der Waals surface area contributed by atoms with Crippen LogP contribution in [0.3, 0.4) is 0 Å². The lowest BCUT2D eigenvalue weighted by atomic mass is 10.0. The molecule has 190 valence electrons. The van der Waals surface area contributed by atoms with Crippen molar-refractivity contribution in [3.8, 4) is 22.6 Å². The van der Waals surface area contributed by atoms with Crippen molar-refractivity contribution in [3.63, 3.8) is 0 Å². The second-order valence-corrected chi connectivity index (χ2v) is 9.18. The molecule has 7 nitrogen and oxygen atoms in total.